The summed E-state index contributed by atoms with van der Waals surface area (Å²) in [4.78, 5) is 12.5. The van der Waals surface area contributed by atoms with Crippen molar-refractivity contribution in [2.45, 2.75) is 12.8 Å². The van der Waals surface area contributed by atoms with Crippen LogP contribution in [-0.4, -0.2) is 5.78 Å². The summed E-state index contributed by atoms with van der Waals surface area (Å²) in [5, 5.41) is 9.23. The molecule has 0 saturated heterocycles. The molecule has 5 heteroatoms. The molecular weight excluding hydrogens is 340 g/mol. The second kappa shape index (κ2) is 6.15. The topological polar surface area (TPSA) is 40.9 Å². The van der Waals surface area contributed by atoms with Gasteiger partial charge in [0.2, 0.25) is 0 Å². The maximum atomic E-state index is 13.3. The number of rotatable bonds is 3. The molecule has 0 saturated carbocycles. The van der Waals surface area contributed by atoms with Gasteiger partial charge in [-0.25, -0.2) is 8.78 Å². The van der Waals surface area contributed by atoms with E-state index in [4.69, 9.17) is 0 Å². The average molecular weight is 350 g/mol. The maximum absolute atomic E-state index is 13.3. The number of Topliss-reactive ketones (excluding diaryl/α,β-unsaturated/α-hetero) is 1. The molecule has 0 fully saturated rings. The normalized spacial score (nSPS) is 11.8. The van der Waals surface area contributed by atoms with Crippen LogP contribution in [0, 0.1) is 29.9 Å². The van der Waals surface area contributed by atoms with Crippen LogP contribution in [0.25, 0.3) is 0 Å². The first-order valence-corrected chi connectivity index (χ1v) is 6.88. The number of hydrogen-bond donors (Lipinski definition) is 0. The molecule has 21 heavy (non-hydrogen) atoms. The third kappa shape index (κ3) is 3.17. The summed E-state index contributed by atoms with van der Waals surface area (Å²) in [6.45, 7) is 1.73. The number of carbonyl (C=O) groups is 1. The van der Waals surface area contributed by atoms with Crippen molar-refractivity contribution in [2.75, 3.05) is 0 Å². The first-order valence-electron chi connectivity index (χ1n) is 6.09. The zero-order chi connectivity index (χ0) is 15.6. The van der Waals surface area contributed by atoms with E-state index in [2.05, 4.69) is 15.9 Å². The minimum Gasteiger partial charge on any atom is -0.292 e. The summed E-state index contributed by atoms with van der Waals surface area (Å²) in [5.74, 6) is -3.36. The van der Waals surface area contributed by atoms with Crippen LogP contribution in [0.1, 0.15) is 27.4 Å². The molecule has 2 aromatic carbocycles. The maximum Gasteiger partial charge on any atom is 0.184 e. The van der Waals surface area contributed by atoms with Gasteiger partial charge in [-0.2, -0.15) is 5.26 Å². The Hall–Kier alpha value is -2.06. The van der Waals surface area contributed by atoms with Gasteiger partial charge in [0.05, 0.1) is 6.07 Å². The van der Waals surface area contributed by atoms with Crippen LogP contribution in [-0.2, 0) is 0 Å². The Labute approximate surface area is 129 Å². The SMILES string of the molecule is Cc1c(Br)cccc1C(=O)C(C#N)c1cc(F)cc(F)c1. The van der Waals surface area contributed by atoms with Gasteiger partial charge in [-0.3, -0.25) is 4.79 Å². The third-order valence-electron chi connectivity index (χ3n) is 3.14. The summed E-state index contributed by atoms with van der Waals surface area (Å²) >= 11 is 3.31. The molecule has 0 amide bonds. The number of carbonyl (C=O) groups excluding carboxylic acids is 1. The summed E-state index contributed by atoms with van der Waals surface area (Å²) in [5.41, 5.74) is 1.04. The molecule has 0 spiro atoms. The standard InChI is InChI=1S/C16H10BrF2NO/c1-9-13(3-2-4-15(9)17)16(21)14(8-20)10-5-11(18)7-12(19)6-10/h2-7,14H,1H3. The lowest BCUT2D eigenvalue weighted by atomic mass is 9.90. The predicted octanol–water partition coefficient (Wildman–Crippen LogP) is 4.53. The Morgan fingerprint density at radius 2 is 1.86 bits per heavy atom. The lowest BCUT2D eigenvalue weighted by molar-refractivity contribution is 0.0978. The Bertz CT molecular complexity index is 732. The number of halogens is 3. The van der Waals surface area contributed by atoms with Crippen LogP contribution in [0.4, 0.5) is 8.78 Å². The van der Waals surface area contributed by atoms with Crippen molar-refractivity contribution in [3.05, 3.63) is 69.2 Å². The van der Waals surface area contributed by atoms with Crippen molar-refractivity contribution in [3.63, 3.8) is 0 Å². The van der Waals surface area contributed by atoms with Gasteiger partial charge in [-0.05, 0) is 36.2 Å². The van der Waals surface area contributed by atoms with Crippen LogP contribution < -0.4 is 0 Å². The van der Waals surface area contributed by atoms with Gasteiger partial charge in [0.25, 0.3) is 0 Å². The molecule has 0 aromatic heterocycles. The van der Waals surface area contributed by atoms with Crippen LogP contribution in [0.5, 0.6) is 0 Å². The highest BCUT2D eigenvalue weighted by molar-refractivity contribution is 9.10. The molecule has 1 atom stereocenters. The first kappa shape index (κ1) is 15.3. The van der Waals surface area contributed by atoms with E-state index in [1.54, 1.807) is 25.1 Å². The van der Waals surface area contributed by atoms with Crippen LogP contribution in [0.15, 0.2) is 40.9 Å². The van der Waals surface area contributed by atoms with Gasteiger partial charge in [0.15, 0.2) is 5.78 Å². The third-order valence-corrected chi connectivity index (χ3v) is 4.00. The Morgan fingerprint density at radius 1 is 1.24 bits per heavy atom. The zero-order valence-corrected chi connectivity index (χ0v) is 12.6. The molecule has 1 unspecified atom stereocenters. The number of benzene rings is 2. The van der Waals surface area contributed by atoms with Crippen LogP contribution in [0.3, 0.4) is 0 Å². The number of nitrogens with zero attached hydrogens (tertiary/aromatic N) is 1. The van der Waals surface area contributed by atoms with Crippen LogP contribution in [0.2, 0.25) is 0 Å². The monoisotopic (exact) mass is 349 g/mol. The molecule has 0 aliphatic carbocycles. The Kier molecular flexibility index (Phi) is 4.49. The molecule has 0 N–H and O–H groups in total. The smallest absolute Gasteiger partial charge is 0.184 e. The van der Waals surface area contributed by atoms with E-state index in [1.807, 2.05) is 6.07 Å². The fourth-order valence-electron chi connectivity index (χ4n) is 2.06. The van der Waals surface area contributed by atoms with E-state index in [-0.39, 0.29) is 5.56 Å². The van der Waals surface area contributed by atoms with Crippen LogP contribution >= 0.6 is 15.9 Å². The Morgan fingerprint density at radius 3 is 2.43 bits per heavy atom. The number of nitriles is 1. The molecule has 0 aliphatic rings. The molecular formula is C16H10BrF2NO. The van der Waals surface area contributed by atoms with Gasteiger partial charge >= 0.3 is 0 Å². The largest absolute Gasteiger partial charge is 0.292 e. The van der Waals surface area contributed by atoms with Crippen molar-refractivity contribution >= 4 is 21.7 Å². The van der Waals surface area contributed by atoms with Gasteiger partial charge in [-0.15, -0.1) is 0 Å². The minimum atomic E-state index is -1.25. The minimum absolute atomic E-state index is 0.0133. The lowest BCUT2D eigenvalue weighted by Crippen LogP contribution is -2.13. The zero-order valence-electron chi connectivity index (χ0n) is 11.0. The number of ketones is 1. The Balaban J connectivity index is 2.49. The van der Waals surface area contributed by atoms with E-state index < -0.39 is 23.3 Å². The van der Waals surface area contributed by atoms with E-state index in [9.17, 15) is 18.8 Å². The fourth-order valence-corrected chi connectivity index (χ4v) is 2.42. The molecule has 2 nitrogen and oxygen atoms in total. The molecule has 106 valence electrons. The summed E-state index contributed by atoms with van der Waals surface area (Å²) in [6.07, 6.45) is 0. The molecule has 0 aliphatic heterocycles. The summed E-state index contributed by atoms with van der Waals surface area (Å²) in [6, 6.07) is 9.56. The van der Waals surface area contributed by atoms with Gasteiger partial charge in [-0.1, -0.05) is 28.1 Å². The summed E-state index contributed by atoms with van der Waals surface area (Å²) < 4.78 is 27.3. The van der Waals surface area contributed by atoms with Gasteiger partial charge in [0, 0.05) is 16.1 Å². The quantitative estimate of drug-likeness (QED) is 0.764. The molecule has 0 radical (unpaired) electrons. The van der Waals surface area contributed by atoms with Gasteiger partial charge in [0.1, 0.15) is 17.6 Å². The average Bonchev–Trinajstić information content (AvgIpc) is 2.41. The molecule has 2 aromatic rings. The molecule has 0 heterocycles. The second-order valence-electron chi connectivity index (χ2n) is 4.54. The van der Waals surface area contributed by atoms with Crippen molar-refractivity contribution in [1.29, 1.82) is 5.26 Å². The van der Waals surface area contributed by atoms with Gasteiger partial charge < -0.3 is 0 Å². The van der Waals surface area contributed by atoms with Crippen molar-refractivity contribution in [2.24, 2.45) is 0 Å². The molecule has 2 rings (SSSR count). The highest BCUT2D eigenvalue weighted by atomic mass is 79.9. The first-order chi connectivity index (χ1) is 9.93. The lowest BCUT2D eigenvalue weighted by Gasteiger charge is -2.12. The van der Waals surface area contributed by atoms with E-state index in [1.165, 1.54) is 0 Å². The van der Waals surface area contributed by atoms with E-state index >= 15 is 0 Å². The van der Waals surface area contributed by atoms with Crippen molar-refractivity contribution in [1.82, 2.24) is 0 Å². The van der Waals surface area contributed by atoms with E-state index in [0.717, 1.165) is 16.6 Å². The van der Waals surface area contributed by atoms with Crippen molar-refractivity contribution < 1.29 is 13.6 Å². The highest BCUT2D eigenvalue weighted by Crippen LogP contribution is 2.26. The molecule has 0 bridgehead atoms. The second-order valence-corrected chi connectivity index (χ2v) is 5.40. The fraction of sp³-hybridized carbons (Fsp3) is 0.125. The predicted molar refractivity (Wildman–Crippen MR) is 77.9 cm³/mol. The highest BCUT2D eigenvalue weighted by Gasteiger charge is 2.24. The van der Waals surface area contributed by atoms with E-state index in [0.29, 0.717) is 17.2 Å². The summed E-state index contributed by atoms with van der Waals surface area (Å²) in [7, 11) is 0. The number of hydrogen-bond acceptors (Lipinski definition) is 2. The van der Waals surface area contributed by atoms with Crippen molar-refractivity contribution in [3.8, 4) is 6.07 Å².